The molecule has 3 aromatic carbocycles. The summed E-state index contributed by atoms with van der Waals surface area (Å²) in [5, 5.41) is 0.684. The van der Waals surface area contributed by atoms with Gasteiger partial charge in [0.25, 0.3) is 5.91 Å². The molecule has 0 radical (unpaired) electrons. The van der Waals surface area contributed by atoms with E-state index in [4.69, 9.17) is 4.74 Å². The highest BCUT2D eigenvalue weighted by Crippen LogP contribution is 2.29. The van der Waals surface area contributed by atoms with Crippen molar-refractivity contribution in [3.63, 3.8) is 0 Å². The molecule has 4 rings (SSSR count). The van der Waals surface area contributed by atoms with Gasteiger partial charge in [-0.2, -0.15) is 0 Å². The van der Waals surface area contributed by atoms with Crippen LogP contribution in [0.25, 0.3) is 10.9 Å². The number of aromatic nitrogens is 1. The summed E-state index contributed by atoms with van der Waals surface area (Å²) in [6.45, 7) is 1.90. The number of carbonyl (C=O) groups excluding carboxylic acids is 2. The zero-order valence-electron chi connectivity index (χ0n) is 16.9. The summed E-state index contributed by atoms with van der Waals surface area (Å²) < 4.78 is 6.86. The van der Waals surface area contributed by atoms with E-state index in [2.05, 4.69) is 0 Å². The normalized spacial score (nSPS) is 10.7. The van der Waals surface area contributed by atoms with E-state index in [0.717, 1.165) is 11.3 Å². The molecule has 0 atom stereocenters. The third-order valence-electron chi connectivity index (χ3n) is 5.08. The minimum absolute atomic E-state index is 0.154. The third-order valence-corrected chi connectivity index (χ3v) is 5.08. The molecule has 30 heavy (non-hydrogen) atoms. The van der Waals surface area contributed by atoms with Crippen LogP contribution in [0.4, 0.5) is 5.69 Å². The van der Waals surface area contributed by atoms with E-state index >= 15 is 0 Å². The van der Waals surface area contributed by atoms with Gasteiger partial charge in [-0.3, -0.25) is 14.2 Å². The van der Waals surface area contributed by atoms with Crippen molar-refractivity contribution in [3.8, 4) is 5.75 Å². The Morgan fingerprint density at radius 1 is 0.933 bits per heavy atom. The topological polar surface area (TPSA) is 51.5 Å². The number of hydrogen-bond donors (Lipinski definition) is 0. The van der Waals surface area contributed by atoms with Gasteiger partial charge in [-0.25, -0.2) is 0 Å². The van der Waals surface area contributed by atoms with Gasteiger partial charge in [0.15, 0.2) is 0 Å². The molecule has 0 saturated heterocycles. The zero-order chi connectivity index (χ0) is 21.1. The van der Waals surface area contributed by atoms with Gasteiger partial charge in [0.05, 0.1) is 24.7 Å². The smallest absolute Gasteiger partial charge is 0.260 e. The van der Waals surface area contributed by atoms with Gasteiger partial charge in [0, 0.05) is 24.2 Å². The number of amides is 1. The van der Waals surface area contributed by atoms with Crippen LogP contribution in [0.15, 0.2) is 85.1 Å². The van der Waals surface area contributed by atoms with Gasteiger partial charge in [0.2, 0.25) is 5.91 Å². The number of ether oxygens (including phenoxy) is 1. The first-order chi connectivity index (χ1) is 14.6. The number of fused-ring (bicyclic) bond motifs is 1. The Morgan fingerprint density at radius 2 is 1.60 bits per heavy atom. The average molecular weight is 398 g/mol. The van der Waals surface area contributed by atoms with Crippen molar-refractivity contribution in [1.82, 2.24) is 4.57 Å². The summed E-state index contributed by atoms with van der Waals surface area (Å²) in [4.78, 5) is 27.7. The molecule has 150 valence electrons. The molecule has 0 fully saturated rings. The van der Waals surface area contributed by atoms with Crippen LogP contribution >= 0.6 is 0 Å². The van der Waals surface area contributed by atoms with Crippen LogP contribution in [0.3, 0.4) is 0 Å². The van der Waals surface area contributed by atoms with Gasteiger partial charge in [0.1, 0.15) is 5.75 Å². The fourth-order valence-electron chi connectivity index (χ4n) is 3.57. The maximum atomic E-state index is 13.8. The summed E-state index contributed by atoms with van der Waals surface area (Å²) in [7, 11) is 1.58. The first kappa shape index (κ1) is 19.5. The van der Waals surface area contributed by atoms with E-state index in [-0.39, 0.29) is 11.8 Å². The van der Waals surface area contributed by atoms with Crippen LogP contribution < -0.4 is 9.64 Å². The zero-order valence-corrected chi connectivity index (χ0v) is 16.9. The van der Waals surface area contributed by atoms with E-state index in [1.165, 1.54) is 11.5 Å². The highest BCUT2D eigenvalue weighted by atomic mass is 16.5. The molecule has 0 aliphatic rings. The summed E-state index contributed by atoms with van der Waals surface area (Å²) >= 11 is 0. The highest BCUT2D eigenvalue weighted by molar-refractivity contribution is 6.15. The van der Waals surface area contributed by atoms with Crippen molar-refractivity contribution in [2.75, 3.05) is 12.0 Å². The molecule has 1 heterocycles. The predicted molar refractivity (Wildman–Crippen MR) is 118 cm³/mol. The molecule has 5 heteroatoms. The van der Waals surface area contributed by atoms with Gasteiger partial charge in [-0.05, 0) is 35.9 Å². The number of anilines is 1. The quantitative estimate of drug-likeness (QED) is 0.467. The van der Waals surface area contributed by atoms with Gasteiger partial charge in [-0.1, -0.05) is 48.5 Å². The van der Waals surface area contributed by atoms with Crippen LogP contribution in [-0.2, 0) is 6.54 Å². The molecule has 1 amide bonds. The van der Waals surface area contributed by atoms with Crippen LogP contribution in [-0.4, -0.2) is 23.5 Å². The second kappa shape index (κ2) is 8.25. The summed E-state index contributed by atoms with van der Waals surface area (Å²) in [6, 6.07) is 24.8. The monoisotopic (exact) mass is 398 g/mol. The van der Waals surface area contributed by atoms with Gasteiger partial charge < -0.3 is 9.64 Å². The molecule has 4 aromatic rings. The van der Waals surface area contributed by atoms with Crippen LogP contribution in [0.1, 0.15) is 27.6 Å². The molecule has 0 saturated carbocycles. The molecule has 0 aliphatic carbocycles. The van der Waals surface area contributed by atoms with Crippen molar-refractivity contribution in [2.45, 2.75) is 13.5 Å². The summed E-state index contributed by atoms with van der Waals surface area (Å²) in [5.74, 6) is 0.300. The number of methoxy groups -OCH3 is 1. The molecular formula is C25H22N2O3. The first-order valence-corrected chi connectivity index (χ1v) is 9.69. The lowest BCUT2D eigenvalue weighted by atomic mass is 10.1. The number of para-hydroxylation sites is 1. The van der Waals surface area contributed by atoms with Gasteiger partial charge in [-0.15, -0.1) is 0 Å². The van der Waals surface area contributed by atoms with Crippen molar-refractivity contribution in [3.05, 3.63) is 96.2 Å². The Hall–Kier alpha value is -3.86. The number of rotatable bonds is 5. The highest BCUT2D eigenvalue weighted by Gasteiger charge is 2.24. The Kier molecular flexibility index (Phi) is 5.35. The molecular weight excluding hydrogens is 376 g/mol. The Morgan fingerprint density at radius 3 is 2.23 bits per heavy atom. The van der Waals surface area contributed by atoms with E-state index in [0.29, 0.717) is 28.8 Å². The maximum absolute atomic E-state index is 13.8. The van der Waals surface area contributed by atoms with Crippen molar-refractivity contribution in [1.29, 1.82) is 0 Å². The molecule has 1 aromatic heterocycles. The Bertz CT molecular complexity index is 1200. The lowest BCUT2D eigenvalue weighted by Gasteiger charge is -2.23. The lowest BCUT2D eigenvalue weighted by Crippen LogP contribution is -2.30. The minimum atomic E-state index is -0.177. The average Bonchev–Trinajstić information content (AvgIpc) is 3.17. The lowest BCUT2D eigenvalue weighted by molar-refractivity contribution is 0.0941. The maximum Gasteiger partial charge on any atom is 0.260 e. The largest absolute Gasteiger partial charge is 0.497 e. The molecule has 5 nitrogen and oxygen atoms in total. The van der Waals surface area contributed by atoms with Crippen molar-refractivity contribution < 1.29 is 14.3 Å². The molecule has 0 spiro atoms. The second-order valence-corrected chi connectivity index (χ2v) is 7.03. The fourth-order valence-corrected chi connectivity index (χ4v) is 3.57. The first-order valence-electron chi connectivity index (χ1n) is 9.69. The van der Waals surface area contributed by atoms with Crippen molar-refractivity contribution >= 4 is 28.4 Å². The number of benzene rings is 3. The SMILES string of the molecule is COc1ccc2c(c1)c(C(=O)N(Cc1ccccc1)c1ccccc1)cn2C(C)=O. The van der Waals surface area contributed by atoms with E-state index in [9.17, 15) is 9.59 Å². The standard InChI is InChI=1S/C25H22N2O3/c1-18(28)26-17-23(22-15-21(30-2)13-14-24(22)26)25(29)27(20-11-7-4-8-12-20)16-19-9-5-3-6-10-19/h3-15,17H,16H2,1-2H3. The predicted octanol–water partition coefficient (Wildman–Crippen LogP) is 5.16. The van der Waals surface area contributed by atoms with Crippen LogP contribution in [0.2, 0.25) is 0 Å². The molecule has 0 N–H and O–H groups in total. The van der Waals surface area contributed by atoms with E-state index < -0.39 is 0 Å². The van der Waals surface area contributed by atoms with E-state index in [1.807, 2.05) is 60.7 Å². The van der Waals surface area contributed by atoms with Gasteiger partial charge >= 0.3 is 0 Å². The van der Waals surface area contributed by atoms with Crippen molar-refractivity contribution in [2.24, 2.45) is 0 Å². The fraction of sp³-hybridized carbons (Fsp3) is 0.120. The van der Waals surface area contributed by atoms with Crippen LogP contribution in [0.5, 0.6) is 5.75 Å². The second-order valence-electron chi connectivity index (χ2n) is 7.03. The number of nitrogens with zero attached hydrogens (tertiary/aromatic N) is 2. The molecule has 0 bridgehead atoms. The van der Waals surface area contributed by atoms with E-state index in [1.54, 1.807) is 36.4 Å². The third kappa shape index (κ3) is 3.70. The Balaban J connectivity index is 1.85. The minimum Gasteiger partial charge on any atom is -0.497 e. The number of hydrogen-bond acceptors (Lipinski definition) is 3. The molecule has 0 aliphatic heterocycles. The summed E-state index contributed by atoms with van der Waals surface area (Å²) in [5.41, 5.74) is 2.94. The Labute approximate surface area is 175 Å². The molecule has 0 unspecified atom stereocenters. The summed E-state index contributed by atoms with van der Waals surface area (Å²) in [6.07, 6.45) is 1.62. The number of carbonyl (C=O) groups is 2. The van der Waals surface area contributed by atoms with Crippen LogP contribution in [0, 0.1) is 0 Å².